The predicted octanol–water partition coefficient (Wildman–Crippen LogP) is 0.919. The zero-order valence-electron chi connectivity index (χ0n) is 11.0. The van der Waals surface area contributed by atoms with Gasteiger partial charge in [-0.05, 0) is 19.4 Å². The third kappa shape index (κ3) is 3.32. The van der Waals surface area contributed by atoms with E-state index in [1.54, 1.807) is 17.8 Å². The van der Waals surface area contributed by atoms with Gasteiger partial charge in [0.25, 0.3) is 5.91 Å². The van der Waals surface area contributed by atoms with Crippen molar-refractivity contribution in [1.82, 2.24) is 14.7 Å². The molecule has 0 unspecified atom stereocenters. The minimum absolute atomic E-state index is 0.0436. The lowest BCUT2D eigenvalue weighted by molar-refractivity contribution is -0.137. The first kappa shape index (κ1) is 14.2. The number of rotatable bonds is 6. The molecule has 1 aromatic rings. The number of amides is 1. The van der Waals surface area contributed by atoms with E-state index < -0.39 is 5.97 Å². The fraction of sp³-hybridized carbons (Fsp3) is 0.583. The van der Waals surface area contributed by atoms with E-state index in [0.29, 0.717) is 12.2 Å². The van der Waals surface area contributed by atoms with Crippen LogP contribution in [0.15, 0.2) is 6.07 Å². The van der Waals surface area contributed by atoms with Crippen molar-refractivity contribution < 1.29 is 14.7 Å². The van der Waals surface area contributed by atoms with Gasteiger partial charge in [-0.2, -0.15) is 5.10 Å². The topological polar surface area (TPSA) is 75.4 Å². The molecule has 0 radical (unpaired) electrons. The highest BCUT2D eigenvalue weighted by Crippen LogP contribution is 2.08. The second kappa shape index (κ2) is 6.18. The molecule has 100 valence electrons. The Morgan fingerprint density at radius 2 is 2.11 bits per heavy atom. The zero-order valence-corrected chi connectivity index (χ0v) is 11.0. The molecule has 0 bridgehead atoms. The summed E-state index contributed by atoms with van der Waals surface area (Å²) in [6.45, 7) is 4.51. The summed E-state index contributed by atoms with van der Waals surface area (Å²) in [7, 11) is 1.72. The average Bonchev–Trinajstić information content (AvgIpc) is 2.70. The molecule has 1 amide bonds. The number of hydrogen-bond acceptors (Lipinski definition) is 3. The van der Waals surface area contributed by atoms with Crippen molar-refractivity contribution in [2.24, 2.45) is 7.05 Å². The number of aryl methyl sites for hydroxylation is 2. The van der Waals surface area contributed by atoms with E-state index in [2.05, 4.69) is 5.10 Å². The number of carboxylic acid groups (broad SMARTS) is 1. The summed E-state index contributed by atoms with van der Waals surface area (Å²) in [5.41, 5.74) is 1.36. The van der Waals surface area contributed by atoms with Crippen LogP contribution in [0.25, 0.3) is 0 Å². The van der Waals surface area contributed by atoms with Crippen LogP contribution in [0.5, 0.6) is 0 Å². The van der Waals surface area contributed by atoms with E-state index in [1.807, 2.05) is 13.8 Å². The highest BCUT2D eigenvalue weighted by atomic mass is 16.4. The minimum Gasteiger partial charge on any atom is -0.481 e. The fourth-order valence-electron chi connectivity index (χ4n) is 1.70. The molecule has 1 heterocycles. The first-order chi connectivity index (χ1) is 8.49. The molecule has 1 N–H and O–H groups in total. The Morgan fingerprint density at radius 3 is 2.56 bits per heavy atom. The second-order valence-electron chi connectivity index (χ2n) is 4.03. The molecule has 0 aliphatic heterocycles. The molecule has 0 aromatic carbocycles. The number of hydrogen-bond donors (Lipinski definition) is 1. The Labute approximate surface area is 106 Å². The summed E-state index contributed by atoms with van der Waals surface area (Å²) < 4.78 is 1.55. The molecule has 0 saturated carbocycles. The van der Waals surface area contributed by atoms with E-state index in [0.717, 1.165) is 12.1 Å². The standard InChI is InChI=1S/C12H19N3O3/c1-4-9-8-10(14(3)13-9)12(18)15(5-2)7-6-11(16)17/h8H,4-7H2,1-3H3,(H,16,17). The van der Waals surface area contributed by atoms with Gasteiger partial charge in [-0.3, -0.25) is 14.3 Å². The predicted molar refractivity (Wildman–Crippen MR) is 66.4 cm³/mol. The Balaban J connectivity index is 2.82. The third-order valence-electron chi connectivity index (χ3n) is 2.78. The van der Waals surface area contributed by atoms with Gasteiger partial charge in [0, 0.05) is 20.1 Å². The number of carbonyl (C=O) groups is 2. The quantitative estimate of drug-likeness (QED) is 0.818. The molecular formula is C12H19N3O3. The highest BCUT2D eigenvalue weighted by molar-refractivity contribution is 5.92. The van der Waals surface area contributed by atoms with Crippen LogP contribution < -0.4 is 0 Å². The van der Waals surface area contributed by atoms with Crippen LogP contribution in [0.3, 0.4) is 0 Å². The summed E-state index contributed by atoms with van der Waals surface area (Å²) in [5.74, 6) is -1.08. The Hall–Kier alpha value is -1.85. The van der Waals surface area contributed by atoms with Gasteiger partial charge < -0.3 is 10.0 Å². The monoisotopic (exact) mass is 253 g/mol. The summed E-state index contributed by atoms with van der Waals surface area (Å²) in [4.78, 5) is 24.3. The lowest BCUT2D eigenvalue weighted by atomic mass is 10.2. The largest absolute Gasteiger partial charge is 0.481 e. The Morgan fingerprint density at radius 1 is 1.44 bits per heavy atom. The molecular weight excluding hydrogens is 234 g/mol. The third-order valence-corrected chi connectivity index (χ3v) is 2.78. The van der Waals surface area contributed by atoms with Crippen LogP contribution in [0.2, 0.25) is 0 Å². The van der Waals surface area contributed by atoms with Gasteiger partial charge in [0.1, 0.15) is 5.69 Å². The lowest BCUT2D eigenvalue weighted by Crippen LogP contribution is -2.34. The molecule has 1 aromatic heterocycles. The van der Waals surface area contributed by atoms with Gasteiger partial charge in [-0.15, -0.1) is 0 Å². The van der Waals surface area contributed by atoms with Crippen LogP contribution in [0.4, 0.5) is 0 Å². The van der Waals surface area contributed by atoms with Gasteiger partial charge in [0.15, 0.2) is 0 Å². The normalized spacial score (nSPS) is 10.4. The zero-order chi connectivity index (χ0) is 13.7. The van der Waals surface area contributed by atoms with E-state index in [-0.39, 0.29) is 18.9 Å². The van der Waals surface area contributed by atoms with Gasteiger partial charge in [-0.1, -0.05) is 6.92 Å². The maximum atomic E-state index is 12.2. The van der Waals surface area contributed by atoms with E-state index in [9.17, 15) is 9.59 Å². The van der Waals surface area contributed by atoms with Crippen molar-refractivity contribution in [3.8, 4) is 0 Å². The summed E-state index contributed by atoms with van der Waals surface area (Å²) in [5, 5.41) is 12.9. The van der Waals surface area contributed by atoms with Gasteiger partial charge in [-0.25, -0.2) is 0 Å². The van der Waals surface area contributed by atoms with Crippen molar-refractivity contribution >= 4 is 11.9 Å². The van der Waals surface area contributed by atoms with Crippen molar-refractivity contribution in [1.29, 1.82) is 0 Å². The average molecular weight is 253 g/mol. The summed E-state index contributed by atoms with van der Waals surface area (Å²) in [6.07, 6.45) is 0.723. The first-order valence-corrected chi connectivity index (χ1v) is 6.03. The van der Waals surface area contributed by atoms with E-state index in [4.69, 9.17) is 5.11 Å². The fourth-order valence-corrected chi connectivity index (χ4v) is 1.70. The maximum absolute atomic E-state index is 12.2. The van der Waals surface area contributed by atoms with Gasteiger partial charge in [0.05, 0.1) is 12.1 Å². The van der Waals surface area contributed by atoms with Crippen LogP contribution in [-0.2, 0) is 18.3 Å². The number of nitrogens with zero attached hydrogens (tertiary/aromatic N) is 3. The van der Waals surface area contributed by atoms with Crippen molar-refractivity contribution in [3.63, 3.8) is 0 Å². The molecule has 0 atom stereocenters. The van der Waals surface area contributed by atoms with Crippen molar-refractivity contribution in [3.05, 3.63) is 17.5 Å². The summed E-state index contributed by atoms with van der Waals surface area (Å²) >= 11 is 0. The van der Waals surface area contributed by atoms with Gasteiger partial charge in [0.2, 0.25) is 0 Å². The first-order valence-electron chi connectivity index (χ1n) is 6.03. The molecule has 0 aliphatic rings. The van der Waals surface area contributed by atoms with E-state index >= 15 is 0 Å². The van der Waals surface area contributed by atoms with Crippen LogP contribution >= 0.6 is 0 Å². The molecule has 0 saturated heterocycles. The van der Waals surface area contributed by atoms with Crippen molar-refractivity contribution in [2.45, 2.75) is 26.7 Å². The number of aliphatic carboxylic acids is 1. The number of aromatic nitrogens is 2. The molecule has 6 nitrogen and oxygen atoms in total. The SMILES string of the molecule is CCc1cc(C(=O)N(CC)CCC(=O)O)n(C)n1. The Bertz CT molecular complexity index is 440. The summed E-state index contributed by atoms with van der Waals surface area (Å²) in [6, 6.07) is 1.76. The molecule has 0 fully saturated rings. The van der Waals surface area contributed by atoms with Gasteiger partial charge >= 0.3 is 5.97 Å². The Kier molecular flexibility index (Phi) is 4.88. The van der Waals surface area contributed by atoms with Crippen LogP contribution in [0.1, 0.15) is 36.5 Å². The molecule has 18 heavy (non-hydrogen) atoms. The van der Waals surface area contributed by atoms with Crippen LogP contribution in [-0.4, -0.2) is 44.8 Å². The molecule has 0 spiro atoms. The number of carbonyl (C=O) groups excluding carboxylic acids is 1. The van der Waals surface area contributed by atoms with Crippen molar-refractivity contribution in [2.75, 3.05) is 13.1 Å². The van der Waals surface area contributed by atoms with E-state index in [1.165, 1.54) is 4.90 Å². The molecule has 1 rings (SSSR count). The van der Waals surface area contributed by atoms with Crippen LogP contribution in [0, 0.1) is 0 Å². The minimum atomic E-state index is -0.902. The molecule has 6 heteroatoms. The lowest BCUT2D eigenvalue weighted by Gasteiger charge is -2.19. The molecule has 0 aliphatic carbocycles. The number of carboxylic acids is 1. The smallest absolute Gasteiger partial charge is 0.305 e. The maximum Gasteiger partial charge on any atom is 0.305 e. The second-order valence-corrected chi connectivity index (χ2v) is 4.03. The highest BCUT2D eigenvalue weighted by Gasteiger charge is 2.19.